The summed E-state index contributed by atoms with van der Waals surface area (Å²) in [6.07, 6.45) is 0.788. The van der Waals surface area contributed by atoms with Gasteiger partial charge in [0.2, 0.25) is 0 Å². The van der Waals surface area contributed by atoms with Gasteiger partial charge in [0.25, 0.3) is 0 Å². The summed E-state index contributed by atoms with van der Waals surface area (Å²) < 4.78 is 6.04. The van der Waals surface area contributed by atoms with Crippen LogP contribution < -0.4 is 9.64 Å². The normalized spacial score (nSPS) is 14.1. The molecule has 0 spiro atoms. The van der Waals surface area contributed by atoms with Crippen molar-refractivity contribution >= 4 is 5.69 Å². The Kier molecular flexibility index (Phi) is 6.60. The highest BCUT2D eigenvalue weighted by molar-refractivity contribution is 5.57. The number of benzene rings is 3. The fourth-order valence-corrected chi connectivity index (χ4v) is 4.07. The number of hydrogen-bond donors (Lipinski definition) is 1. The molecule has 0 aliphatic rings. The maximum Gasteiger partial charge on any atom is 0.127 e. The van der Waals surface area contributed by atoms with E-state index in [0.29, 0.717) is 6.61 Å². The van der Waals surface area contributed by atoms with Crippen molar-refractivity contribution in [2.24, 2.45) is 0 Å². The number of rotatable bonds is 8. The van der Waals surface area contributed by atoms with Crippen LogP contribution in [0.1, 0.15) is 42.9 Å². The topological polar surface area (TPSA) is 32.7 Å². The van der Waals surface area contributed by atoms with Crippen LogP contribution in [-0.2, 0) is 5.60 Å². The summed E-state index contributed by atoms with van der Waals surface area (Å²) >= 11 is 0. The molecular weight excluding hydrogens is 358 g/mol. The molecule has 0 aliphatic carbocycles. The Labute approximate surface area is 174 Å². The first-order valence-electron chi connectivity index (χ1n) is 10.3. The van der Waals surface area contributed by atoms with Crippen LogP contribution in [-0.4, -0.2) is 25.8 Å². The minimum atomic E-state index is -1.22. The van der Waals surface area contributed by atoms with Gasteiger partial charge in [0.1, 0.15) is 11.4 Å². The lowest BCUT2D eigenvalue weighted by Gasteiger charge is -2.38. The van der Waals surface area contributed by atoms with Crippen LogP contribution in [0, 0.1) is 0 Å². The zero-order valence-corrected chi connectivity index (χ0v) is 17.8. The summed E-state index contributed by atoms with van der Waals surface area (Å²) in [6, 6.07) is 26.3. The van der Waals surface area contributed by atoms with Crippen molar-refractivity contribution < 1.29 is 9.84 Å². The molecule has 0 saturated heterocycles. The van der Waals surface area contributed by atoms with E-state index in [4.69, 9.17) is 4.74 Å². The van der Waals surface area contributed by atoms with Gasteiger partial charge in [-0.05, 0) is 36.6 Å². The third kappa shape index (κ3) is 4.15. The predicted molar refractivity (Wildman–Crippen MR) is 121 cm³/mol. The Morgan fingerprint density at radius 1 is 0.897 bits per heavy atom. The third-order valence-corrected chi connectivity index (χ3v) is 5.52. The Morgan fingerprint density at radius 2 is 1.52 bits per heavy atom. The van der Waals surface area contributed by atoms with Gasteiger partial charge in [0, 0.05) is 37.3 Å². The second-order valence-electron chi connectivity index (χ2n) is 7.51. The molecule has 1 N–H and O–H groups in total. The van der Waals surface area contributed by atoms with Gasteiger partial charge in [-0.25, -0.2) is 0 Å². The predicted octanol–water partition coefficient (Wildman–Crippen LogP) is 5.58. The number of hydrogen-bond acceptors (Lipinski definition) is 3. The average molecular weight is 390 g/mol. The van der Waals surface area contributed by atoms with Crippen molar-refractivity contribution in [3.63, 3.8) is 0 Å². The van der Waals surface area contributed by atoms with E-state index in [9.17, 15) is 5.11 Å². The molecule has 0 aliphatic heterocycles. The fraction of sp³-hybridized carbons (Fsp3) is 0.308. The molecule has 2 unspecified atom stereocenters. The highest BCUT2D eigenvalue weighted by Gasteiger charge is 2.42. The molecule has 0 fully saturated rings. The van der Waals surface area contributed by atoms with Crippen LogP contribution in [0.25, 0.3) is 0 Å². The molecule has 0 amide bonds. The van der Waals surface area contributed by atoms with Gasteiger partial charge in [0.05, 0.1) is 6.61 Å². The molecule has 152 valence electrons. The molecule has 29 heavy (non-hydrogen) atoms. The highest BCUT2D eigenvalue weighted by atomic mass is 16.5. The van der Waals surface area contributed by atoms with Crippen LogP contribution in [0.5, 0.6) is 5.75 Å². The lowest BCUT2D eigenvalue weighted by atomic mass is 9.71. The SMILES string of the molecule is CCOc1cc(N(C)C)ccc1C(O)(c1ccccc1)C(CC)c1ccccc1. The zero-order chi connectivity index (χ0) is 20.9. The molecule has 0 aromatic heterocycles. The van der Waals surface area contributed by atoms with Crippen LogP contribution in [0.4, 0.5) is 5.69 Å². The minimum Gasteiger partial charge on any atom is -0.493 e. The van der Waals surface area contributed by atoms with E-state index in [-0.39, 0.29) is 5.92 Å². The summed E-state index contributed by atoms with van der Waals surface area (Å²) in [4.78, 5) is 2.04. The Morgan fingerprint density at radius 3 is 2.07 bits per heavy atom. The van der Waals surface area contributed by atoms with E-state index in [2.05, 4.69) is 19.1 Å². The quantitative estimate of drug-likeness (QED) is 0.546. The van der Waals surface area contributed by atoms with Crippen molar-refractivity contribution in [3.8, 4) is 5.75 Å². The summed E-state index contributed by atoms with van der Waals surface area (Å²) in [5.74, 6) is 0.606. The maximum atomic E-state index is 12.4. The maximum absolute atomic E-state index is 12.4. The Balaban J connectivity index is 2.27. The lowest BCUT2D eigenvalue weighted by Crippen LogP contribution is -2.35. The van der Waals surface area contributed by atoms with E-state index >= 15 is 0 Å². The number of aliphatic hydroxyl groups is 1. The lowest BCUT2D eigenvalue weighted by molar-refractivity contribution is 0.0447. The molecular formula is C26H31NO2. The smallest absolute Gasteiger partial charge is 0.127 e. The molecule has 3 rings (SSSR count). The Hall–Kier alpha value is -2.78. The molecule has 3 heteroatoms. The number of ether oxygens (including phenoxy) is 1. The second kappa shape index (κ2) is 9.15. The third-order valence-electron chi connectivity index (χ3n) is 5.52. The van der Waals surface area contributed by atoms with Gasteiger partial charge in [-0.2, -0.15) is 0 Å². The van der Waals surface area contributed by atoms with Crippen molar-refractivity contribution in [2.75, 3.05) is 25.6 Å². The largest absolute Gasteiger partial charge is 0.493 e. The van der Waals surface area contributed by atoms with Crippen molar-refractivity contribution in [3.05, 3.63) is 95.6 Å². The van der Waals surface area contributed by atoms with Gasteiger partial charge in [-0.1, -0.05) is 67.6 Å². The molecule has 3 aromatic carbocycles. The number of anilines is 1. The molecule has 2 atom stereocenters. The molecule has 0 heterocycles. The zero-order valence-electron chi connectivity index (χ0n) is 17.8. The van der Waals surface area contributed by atoms with Crippen molar-refractivity contribution in [1.82, 2.24) is 0 Å². The van der Waals surface area contributed by atoms with Crippen molar-refractivity contribution in [2.45, 2.75) is 31.8 Å². The van der Waals surface area contributed by atoms with E-state index in [1.807, 2.05) is 92.6 Å². The van der Waals surface area contributed by atoms with E-state index in [0.717, 1.165) is 34.5 Å². The summed E-state index contributed by atoms with van der Waals surface area (Å²) in [5, 5.41) is 12.4. The highest BCUT2D eigenvalue weighted by Crippen LogP contribution is 2.48. The molecule has 3 aromatic rings. The molecule has 3 nitrogen and oxygen atoms in total. The number of nitrogens with zero attached hydrogens (tertiary/aromatic N) is 1. The average Bonchev–Trinajstić information content (AvgIpc) is 2.75. The van der Waals surface area contributed by atoms with Gasteiger partial charge in [0.15, 0.2) is 0 Å². The summed E-state index contributed by atoms with van der Waals surface area (Å²) in [5.41, 5.74) is 2.61. The van der Waals surface area contributed by atoms with Crippen LogP contribution in [0.2, 0.25) is 0 Å². The fourth-order valence-electron chi connectivity index (χ4n) is 4.07. The van der Waals surface area contributed by atoms with E-state index in [1.54, 1.807) is 0 Å². The molecule has 0 radical (unpaired) electrons. The first-order chi connectivity index (χ1) is 14.0. The van der Waals surface area contributed by atoms with Gasteiger partial charge >= 0.3 is 0 Å². The molecule has 0 bridgehead atoms. The van der Waals surface area contributed by atoms with Crippen LogP contribution >= 0.6 is 0 Å². The van der Waals surface area contributed by atoms with Gasteiger partial charge in [-0.3, -0.25) is 0 Å². The standard InChI is InChI=1S/C26H31NO2/c1-5-23(20-13-9-7-10-14-20)26(28,21-15-11-8-12-16-21)24-18-17-22(27(3)4)19-25(24)29-6-2/h7-19,23,28H,5-6H2,1-4H3. The first-order valence-corrected chi connectivity index (χ1v) is 10.3. The van der Waals surface area contributed by atoms with Gasteiger partial charge < -0.3 is 14.7 Å². The van der Waals surface area contributed by atoms with Crippen molar-refractivity contribution in [1.29, 1.82) is 0 Å². The van der Waals surface area contributed by atoms with Crippen LogP contribution in [0.3, 0.4) is 0 Å². The van der Waals surface area contributed by atoms with Gasteiger partial charge in [-0.15, -0.1) is 0 Å². The van der Waals surface area contributed by atoms with E-state index < -0.39 is 5.60 Å². The summed E-state index contributed by atoms with van der Waals surface area (Å²) in [7, 11) is 4.01. The second-order valence-corrected chi connectivity index (χ2v) is 7.51. The monoisotopic (exact) mass is 389 g/mol. The Bertz CT molecular complexity index is 909. The minimum absolute atomic E-state index is 0.115. The summed E-state index contributed by atoms with van der Waals surface area (Å²) in [6.45, 7) is 4.64. The van der Waals surface area contributed by atoms with Crippen LogP contribution in [0.15, 0.2) is 78.9 Å². The molecule has 0 saturated carbocycles. The van der Waals surface area contributed by atoms with E-state index in [1.165, 1.54) is 0 Å². The first kappa shape index (κ1) is 20.9.